The van der Waals surface area contributed by atoms with Crippen molar-refractivity contribution in [2.24, 2.45) is 7.05 Å². The molecule has 2 rings (SSSR count). The van der Waals surface area contributed by atoms with Crippen molar-refractivity contribution in [1.82, 2.24) is 14.8 Å². The van der Waals surface area contributed by atoms with Crippen LogP contribution in [-0.4, -0.2) is 20.7 Å². The number of aromatic nitrogens is 3. The van der Waals surface area contributed by atoms with Crippen LogP contribution in [0.25, 0.3) is 0 Å². The molecule has 0 aliphatic carbocycles. The summed E-state index contributed by atoms with van der Waals surface area (Å²) in [5, 5.41) is 6.15. The zero-order chi connectivity index (χ0) is 18.2. The second-order valence-corrected chi connectivity index (χ2v) is 5.10. The molecule has 1 aromatic carbocycles. The van der Waals surface area contributed by atoms with Crippen molar-refractivity contribution < 1.29 is 22.4 Å². The first-order chi connectivity index (χ1) is 11.0. The highest BCUT2D eigenvalue weighted by Crippen LogP contribution is 2.29. The maximum atomic E-state index is 14.1. The number of rotatable bonds is 2. The second kappa shape index (κ2) is 6.19. The Morgan fingerprint density at radius 2 is 1.92 bits per heavy atom. The summed E-state index contributed by atoms with van der Waals surface area (Å²) < 4.78 is 52.6. The van der Waals surface area contributed by atoms with Crippen LogP contribution in [0.4, 0.5) is 29.2 Å². The van der Waals surface area contributed by atoms with Crippen molar-refractivity contribution in [2.75, 3.05) is 4.90 Å². The third-order valence-corrected chi connectivity index (χ3v) is 3.22. The molecule has 0 unspecified atom stereocenters. The number of nitrogens with zero attached hydrogens (tertiary/aromatic N) is 4. The molecule has 128 valence electrons. The van der Waals surface area contributed by atoms with Crippen LogP contribution >= 0.6 is 11.6 Å². The van der Waals surface area contributed by atoms with E-state index in [0.29, 0.717) is 9.47 Å². The minimum absolute atomic E-state index is 0.0483. The summed E-state index contributed by atoms with van der Waals surface area (Å²) >= 11 is 5.62. The maximum absolute atomic E-state index is 14.1. The zero-order valence-corrected chi connectivity index (χ0v) is 13.0. The summed E-state index contributed by atoms with van der Waals surface area (Å²) in [4.78, 5) is 24.3. The molecule has 0 aliphatic rings. The van der Waals surface area contributed by atoms with Gasteiger partial charge in [-0.25, -0.2) is 9.29 Å². The lowest BCUT2D eigenvalue weighted by atomic mass is 10.2. The van der Waals surface area contributed by atoms with E-state index >= 15 is 0 Å². The summed E-state index contributed by atoms with van der Waals surface area (Å²) in [5.74, 6) is -2.28. The van der Waals surface area contributed by atoms with Gasteiger partial charge in [-0.15, -0.1) is 10.2 Å². The first-order valence-electron chi connectivity index (χ1n) is 6.30. The monoisotopic (exact) mass is 364 g/mol. The quantitative estimate of drug-likeness (QED) is 0.768. The zero-order valence-electron chi connectivity index (χ0n) is 12.2. The number of hydrogen-bond donors (Lipinski definition) is 0. The normalized spacial score (nSPS) is 11.5. The fourth-order valence-corrected chi connectivity index (χ4v) is 2.07. The number of hydrogen-bond acceptors (Lipinski definition) is 4. The molecule has 6 nitrogen and oxygen atoms in total. The minimum Gasteiger partial charge on any atom is -0.278 e. The minimum atomic E-state index is -5.01. The van der Waals surface area contributed by atoms with Gasteiger partial charge in [0.05, 0.1) is 5.69 Å². The highest BCUT2D eigenvalue weighted by Gasteiger charge is 2.38. The fraction of sp³-hybridized carbons (Fsp3) is 0.231. The standard InChI is InChI=1S/C13H9ClF4N4O2/c1-6(23)22(9-4-3-7(14)5-8(9)15)12-20-19-10(13(16,17)18)11(24)21(12)2/h3-5H,1-2H3. The second-order valence-electron chi connectivity index (χ2n) is 4.66. The number of halogens is 5. The van der Waals surface area contributed by atoms with E-state index in [4.69, 9.17) is 11.6 Å². The Balaban J connectivity index is 2.68. The van der Waals surface area contributed by atoms with E-state index < -0.39 is 35.1 Å². The Morgan fingerprint density at radius 3 is 2.42 bits per heavy atom. The van der Waals surface area contributed by atoms with E-state index in [1.165, 1.54) is 6.07 Å². The lowest BCUT2D eigenvalue weighted by molar-refractivity contribution is -0.143. The molecule has 0 N–H and O–H groups in total. The Morgan fingerprint density at radius 1 is 1.29 bits per heavy atom. The van der Waals surface area contributed by atoms with Crippen molar-refractivity contribution >= 4 is 29.1 Å². The van der Waals surface area contributed by atoms with E-state index in [2.05, 4.69) is 10.2 Å². The molecule has 0 aliphatic heterocycles. The molecule has 1 heterocycles. The maximum Gasteiger partial charge on any atom is 0.440 e. The Bertz CT molecular complexity index is 866. The highest BCUT2D eigenvalue weighted by molar-refractivity contribution is 6.30. The van der Waals surface area contributed by atoms with Crippen LogP contribution in [0, 0.1) is 5.82 Å². The van der Waals surface area contributed by atoms with Gasteiger partial charge < -0.3 is 0 Å². The molecular formula is C13H9ClF4N4O2. The Labute approximate surface area is 137 Å². The molecule has 1 aromatic heterocycles. The predicted molar refractivity (Wildman–Crippen MR) is 76.5 cm³/mol. The molecule has 0 radical (unpaired) electrons. The lowest BCUT2D eigenvalue weighted by Gasteiger charge is -2.22. The van der Waals surface area contributed by atoms with Crippen LogP contribution < -0.4 is 10.5 Å². The molecule has 2 aromatic rings. The van der Waals surface area contributed by atoms with Crippen molar-refractivity contribution in [3.63, 3.8) is 0 Å². The van der Waals surface area contributed by atoms with Crippen LogP contribution in [0.2, 0.25) is 5.02 Å². The van der Waals surface area contributed by atoms with Crippen LogP contribution in [0.1, 0.15) is 12.6 Å². The third-order valence-electron chi connectivity index (χ3n) is 2.98. The van der Waals surface area contributed by atoms with E-state index in [1.54, 1.807) is 0 Å². The van der Waals surface area contributed by atoms with Gasteiger partial charge in [-0.3, -0.25) is 14.2 Å². The molecule has 0 saturated heterocycles. The average Bonchev–Trinajstić information content (AvgIpc) is 2.44. The van der Waals surface area contributed by atoms with Gasteiger partial charge in [0.2, 0.25) is 17.5 Å². The van der Waals surface area contributed by atoms with Crippen LogP contribution in [0.5, 0.6) is 0 Å². The SMILES string of the molecule is CC(=O)N(c1ccc(Cl)cc1F)c1nnc(C(F)(F)F)c(=O)n1C. The Kier molecular flexibility index (Phi) is 4.61. The van der Waals surface area contributed by atoms with Gasteiger partial charge in [0.15, 0.2) is 0 Å². The summed E-state index contributed by atoms with van der Waals surface area (Å²) in [6, 6.07) is 3.30. The van der Waals surface area contributed by atoms with Crippen molar-refractivity contribution in [3.8, 4) is 0 Å². The first-order valence-corrected chi connectivity index (χ1v) is 6.68. The molecular weight excluding hydrogens is 356 g/mol. The highest BCUT2D eigenvalue weighted by atomic mass is 35.5. The summed E-state index contributed by atoms with van der Waals surface area (Å²) in [7, 11) is 0.964. The number of anilines is 2. The molecule has 0 spiro atoms. The molecule has 0 atom stereocenters. The molecule has 0 fully saturated rings. The van der Waals surface area contributed by atoms with Crippen molar-refractivity contribution in [2.45, 2.75) is 13.1 Å². The van der Waals surface area contributed by atoms with Crippen molar-refractivity contribution in [1.29, 1.82) is 0 Å². The topological polar surface area (TPSA) is 68.1 Å². The van der Waals surface area contributed by atoms with Gasteiger partial charge >= 0.3 is 6.18 Å². The van der Waals surface area contributed by atoms with E-state index in [0.717, 1.165) is 26.1 Å². The van der Waals surface area contributed by atoms with Gasteiger partial charge in [0.1, 0.15) is 5.82 Å². The summed E-state index contributed by atoms with van der Waals surface area (Å²) in [6.07, 6.45) is -5.01. The predicted octanol–water partition coefficient (Wildman–Crippen LogP) is 2.67. The van der Waals surface area contributed by atoms with Crippen LogP contribution in [-0.2, 0) is 18.0 Å². The molecule has 11 heteroatoms. The lowest BCUT2D eigenvalue weighted by Crippen LogP contribution is -2.36. The molecule has 0 bridgehead atoms. The fourth-order valence-electron chi connectivity index (χ4n) is 1.91. The van der Waals surface area contributed by atoms with E-state index in [9.17, 15) is 27.2 Å². The number of benzene rings is 1. The molecule has 24 heavy (non-hydrogen) atoms. The summed E-state index contributed by atoms with van der Waals surface area (Å²) in [6.45, 7) is 1.03. The number of alkyl halides is 3. The van der Waals surface area contributed by atoms with Gasteiger partial charge in [-0.05, 0) is 18.2 Å². The first kappa shape index (κ1) is 17.9. The largest absolute Gasteiger partial charge is 0.440 e. The van der Waals surface area contributed by atoms with Crippen LogP contribution in [0.3, 0.4) is 0 Å². The van der Waals surface area contributed by atoms with Crippen LogP contribution in [0.15, 0.2) is 23.0 Å². The van der Waals surface area contributed by atoms with Gasteiger partial charge in [0, 0.05) is 19.0 Å². The average molecular weight is 365 g/mol. The van der Waals surface area contributed by atoms with E-state index in [-0.39, 0.29) is 10.7 Å². The van der Waals surface area contributed by atoms with E-state index in [1.807, 2.05) is 0 Å². The van der Waals surface area contributed by atoms with Gasteiger partial charge in [-0.1, -0.05) is 11.6 Å². The molecule has 1 amide bonds. The number of carbonyl (C=O) groups excluding carboxylic acids is 1. The number of amides is 1. The summed E-state index contributed by atoms with van der Waals surface area (Å²) in [5.41, 5.74) is -3.60. The van der Waals surface area contributed by atoms with Gasteiger partial charge in [0.25, 0.3) is 5.56 Å². The third kappa shape index (κ3) is 3.23. The molecule has 0 saturated carbocycles. The number of carbonyl (C=O) groups is 1. The van der Waals surface area contributed by atoms with Crippen molar-refractivity contribution in [3.05, 3.63) is 45.1 Å². The van der Waals surface area contributed by atoms with Gasteiger partial charge in [-0.2, -0.15) is 13.2 Å². The smallest absolute Gasteiger partial charge is 0.278 e. The Hall–Kier alpha value is -2.49.